The first-order chi connectivity index (χ1) is 15.1. The molecule has 1 aromatic carbocycles. The summed E-state index contributed by atoms with van der Waals surface area (Å²) in [6.07, 6.45) is -3.51. The molecular formula is C21H24F3N3O4S. The molecule has 1 saturated heterocycles. The third-order valence-corrected chi connectivity index (χ3v) is 7.29. The van der Waals surface area contributed by atoms with Crippen LogP contribution in [0.25, 0.3) is 0 Å². The van der Waals surface area contributed by atoms with Crippen molar-refractivity contribution in [1.29, 1.82) is 0 Å². The average Bonchev–Trinajstić information content (AvgIpc) is 3.22. The maximum Gasteiger partial charge on any atom is 0.416 e. The molecule has 2 aromatic rings. The Balaban J connectivity index is 1.65. The fourth-order valence-electron chi connectivity index (χ4n) is 3.49. The molecule has 0 spiro atoms. The van der Waals surface area contributed by atoms with E-state index < -0.39 is 27.9 Å². The molecule has 11 heteroatoms. The van der Waals surface area contributed by atoms with E-state index >= 15 is 0 Å². The lowest BCUT2D eigenvalue weighted by Crippen LogP contribution is -2.32. The molecule has 1 aromatic heterocycles. The van der Waals surface area contributed by atoms with E-state index in [1.807, 2.05) is 0 Å². The molecule has 0 aliphatic carbocycles. The van der Waals surface area contributed by atoms with Crippen LogP contribution in [-0.4, -0.2) is 60.8 Å². The standard InChI is InChI=1S/C21H24F3N3O4S/c1-3-27(4-2)32(29,30)18-7-5-15(6-8-18)20(28)26-12-10-17(14-26)31-19-13-16(9-11-25-19)21(22,23)24/h5-9,11,13,17H,3-4,10,12,14H2,1-2H3. The average molecular weight is 472 g/mol. The molecular weight excluding hydrogens is 447 g/mol. The smallest absolute Gasteiger partial charge is 0.416 e. The molecule has 1 amide bonds. The van der Waals surface area contributed by atoms with Crippen molar-refractivity contribution in [3.8, 4) is 5.88 Å². The van der Waals surface area contributed by atoms with Gasteiger partial charge in [-0.15, -0.1) is 0 Å². The van der Waals surface area contributed by atoms with Crippen molar-refractivity contribution in [1.82, 2.24) is 14.2 Å². The van der Waals surface area contributed by atoms with Gasteiger partial charge in [0, 0.05) is 43.9 Å². The van der Waals surface area contributed by atoms with Gasteiger partial charge in [0.1, 0.15) is 6.10 Å². The Bertz CT molecular complexity index is 1050. The van der Waals surface area contributed by atoms with Crippen molar-refractivity contribution in [2.24, 2.45) is 0 Å². The maximum atomic E-state index is 12.8. The first-order valence-electron chi connectivity index (χ1n) is 10.2. The minimum Gasteiger partial charge on any atom is -0.472 e. The number of pyridine rings is 1. The Kier molecular flexibility index (Phi) is 7.09. The summed E-state index contributed by atoms with van der Waals surface area (Å²) in [5.74, 6) is -0.454. The zero-order valence-corrected chi connectivity index (χ0v) is 18.5. The van der Waals surface area contributed by atoms with E-state index in [9.17, 15) is 26.4 Å². The summed E-state index contributed by atoms with van der Waals surface area (Å²) >= 11 is 0. The highest BCUT2D eigenvalue weighted by atomic mass is 32.2. The minimum absolute atomic E-state index is 0.107. The highest BCUT2D eigenvalue weighted by Crippen LogP contribution is 2.31. The van der Waals surface area contributed by atoms with E-state index in [-0.39, 0.29) is 23.2 Å². The summed E-state index contributed by atoms with van der Waals surface area (Å²) in [5, 5.41) is 0. The van der Waals surface area contributed by atoms with Gasteiger partial charge < -0.3 is 9.64 Å². The fourth-order valence-corrected chi connectivity index (χ4v) is 4.95. The van der Waals surface area contributed by atoms with E-state index in [1.54, 1.807) is 13.8 Å². The number of likely N-dealkylation sites (tertiary alicyclic amines) is 1. The monoisotopic (exact) mass is 471 g/mol. The first kappa shape index (κ1) is 24.0. The Morgan fingerprint density at radius 2 is 1.84 bits per heavy atom. The number of hydrogen-bond donors (Lipinski definition) is 0. The predicted octanol–water partition coefficient (Wildman–Crippen LogP) is 3.42. The second-order valence-corrected chi connectivity index (χ2v) is 9.21. The van der Waals surface area contributed by atoms with Crippen molar-refractivity contribution in [3.05, 3.63) is 53.7 Å². The fraction of sp³-hybridized carbons (Fsp3) is 0.429. The summed E-state index contributed by atoms with van der Waals surface area (Å²) in [5.41, 5.74) is -0.533. The van der Waals surface area contributed by atoms with Gasteiger partial charge in [0.15, 0.2) is 0 Å². The van der Waals surface area contributed by atoms with Crippen LogP contribution in [0, 0.1) is 0 Å². The molecule has 32 heavy (non-hydrogen) atoms. The molecule has 0 bridgehead atoms. The molecule has 1 aliphatic rings. The number of benzene rings is 1. The molecule has 7 nitrogen and oxygen atoms in total. The van der Waals surface area contributed by atoms with E-state index in [1.165, 1.54) is 33.5 Å². The zero-order valence-electron chi connectivity index (χ0n) is 17.7. The molecule has 0 radical (unpaired) electrons. The highest BCUT2D eigenvalue weighted by Gasteiger charge is 2.32. The van der Waals surface area contributed by atoms with Gasteiger partial charge in [-0.05, 0) is 30.3 Å². The maximum absolute atomic E-state index is 12.8. The Hall–Kier alpha value is -2.66. The minimum atomic E-state index is -4.50. The van der Waals surface area contributed by atoms with Gasteiger partial charge in [-0.2, -0.15) is 17.5 Å². The van der Waals surface area contributed by atoms with Crippen molar-refractivity contribution in [2.45, 2.75) is 37.4 Å². The number of amides is 1. The molecule has 3 rings (SSSR count). The Morgan fingerprint density at radius 1 is 1.19 bits per heavy atom. The van der Waals surface area contributed by atoms with Crippen LogP contribution in [0.5, 0.6) is 5.88 Å². The number of nitrogens with zero attached hydrogens (tertiary/aromatic N) is 3. The second-order valence-electron chi connectivity index (χ2n) is 7.27. The number of aromatic nitrogens is 1. The van der Waals surface area contributed by atoms with Crippen LogP contribution < -0.4 is 4.74 Å². The van der Waals surface area contributed by atoms with E-state index in [2.05, 4.69) is 4.98 Å². The number of carbonyl (C=O) groups is 1. The molecule has 0 saturated carbocycles. The molecule has 2 heterocycles. The van der Waals surface area contributed by atoms with Gasteiger partial charge >= 0.3 is 6.18 Å². The Labute approximate surface area is 184 Å². The number of sulfonamides is 1. The quantitative estimate of drug-likeness (QED) is 0.618. The van der Waals surface area contributed by atoms with Crippen LogP contribution >= 0.6 is 0 Å². The summed E-state index contributed by atoms with van der Waals surface area (Å²) in [4.78, 5) is 18.2. The highest BCUT2D eigenvalue weighted by molar-refractivity contribution is 7.89. The number of ether oxygens (including phenoxy) is 1. The third kappa shape index (κ3) is 5.21. The lowest BCUT2D eigenvalue weighted by molar-refractivity contribution is -0.137. The number of carbonyl (C=O) groups excluding carboxylic acids is 1. The van der Waals surface area contributed by atoms with Gasteiger partial charge in [0.2, 0.25) is 15.9 Å². The Morgan fingerprint density at radius 3 is 2.44 bits per heavy atom. The van der Waals surface area contributed by atoms with Crippen LogP contribution in [-0.2, 0) is 16.2 Å². The van der Waals surface area contributed by atoms with Crippen molar-refractivity contribution < 1.29 is 31.1 Å². The number of alkyl halides is 3. The van der Waals surface area contributed by atoms with E-state index in [4.69, 9.17) is 4.74 Å². The summed E-state index contributed by atoms with van der Waals surface area (Å²) < 4.78 is 70.6. The molecule has 0 N–H and O–H groups in total. The van der Waals surface area contributed by atoms with Crippen LogP contribution in [0.4, 0.5) is 13.2 Å². The zero-order chi connectivity index (χ0) is 23.5. The van der Waals surface area contributed by atoms with Crippen molar-refractivity contribution in [2.75, 3.05) is 26.2 Å². The lowest BCUT2D eigenvalue weighted by atomic mass is 10.2. The van der Waals surface area contributed by atoms with E-state index in [0.29, 0.717) is 31.6 Å². The normalized spacial score (nSPS) is 17.1. The van der Waals surface area contributed by atoms with Crippen LogP contribution in [0.15, 0.2) is 47.5 Å². The molecule has 1 fully saturated rings. The molecule has 1 aliphatic heterocycles. The number of halogens is 3. The summed E-state index contributed by atoms with van der Waals surface area (Å²) in [6, 6.07) is 7.42. The van der Waals surface area contributed by atoms with Gasteiger partial charge in [-0.1, -0.05) is 13.8 Å². The van der Waals surface area contributed by atoms with Crippen molar-refractivity contribution >= 4 is 15.9 Å². The number of hydrogen-bond acceptors (Lipinski definition) is 5. The van der Waals surface area contributed by atoms with Crippen LogP contribution in [0.2, 0.25) is 0 Å². The molecule has 1 unspecified atom stereocenters. The molecule has 174 valence electrons. The largest absolute Gasteiger partial charge is 0.472 e. The topological polar surface area (TPSA) is 79.8 Å². The van der Waals surface area contributed by atoms with Gasteiger partial charge in [-0.25, -0.2) is 13.4 Å². The van der Waals surface area contributed by atoms with Crippen LogP contribution in [0.1, 0.15) is 36.2 Å². The van der Waals surface area contributed by atoms with Gasteiger partial charge in [-0.3, -0.25) is 4.79 Å². The first-order valence-corrected chi connectivity index (χ1v) is 11.6. The second kappa shape index (κ2) is 9.45. The lowest BCUT2D eigenvalue weighted by Gasteiger charge is -2.19. The van der Waals surface area contributed by atoms with Gasteiger partial charge in [0.05, 0.1) is 17.0 Å². The third-order valence-electron chi connectivity index (χ3n) is 5.23. The van der Waals surface area contributed by atoms with Gasteiger partial charge in [0.25, 0.3) is 5.91 Å². The van der Waals surface area contributed by atoms with E-state index in [0.717, 1.165) is 18.3 Å². The van der Waals surface area contributed by atoms with Crippen LogP contribution in [0.3, 0.4) is 0 Å². The molecule has 1 atom stereocenters. The summed E-state index contributed by atoms with van der Waals surface area (Å²) in [6.45, 7) is 4.74. The predicted molar refractivity (Wildman–Crippen MR) is 111 cm³/mol. The summed E-state index contributed by atoms with van der Waals surface area (Å²) in [7, 11) is -3.62. The van der Waals surface area contributed by atoms with Crippen molar-refractivity contribution in [3.63, 3.8) is 0 Å². The SMILES string of the molecule is CCN(CC)S(=O)(=O)c1ccc(C(=O)N2CCC(Oc3cc(C(F)(F)F)ccn3)C2)cc1. The number of rotatable bonds is 7.